The van der Waals surface area contributed by atoms with E-state index in [1.54, 1.807) is 0 Å². The molecule has 0 aromatic carbocycles. The Balaban J connectivity index is 2.12. The molecule has 0 bridgehead atoms. The average molecular weight is 297 g/mol. The molecule has 4 heteroatoms. The predicted molar refractivity (Wildman–Crippen MR) is 83.3 cm³/mol. The van der Waals surface area contributed by atoms with Crippen LogP contribution in [-0.4, -0.2) is 48.3 Å². The first-order chi connectivity index (χ1) is 9.95. The quantitative estimate of drug-likeness (QED) is 0.866. The summed E-state index contributed by atoms with van der Waals surface area (Å²) in [5.74, 6) is -0.183. The first-order valence-corrected chi connectivity index (χ1v) is 8.50. The standard InChI is InChI=1S/C17H31NO3/c1-4-17(2,3)13-6-7-14(16(19)20)15(12-13)18-8-5-10-21-11-9-18/h13-15H,4-12H2,1-3H3,(H,19,20). The van der Waals surface area contributed by atoms with Crippen molar-refractivity contribution in [3.05, 3.63) is 0 Å². The van der Waals surface area contributed by atoms with Gasteiger partial charge in [0, 0.05) is 25.7 Å². The third kappa shape index (κ3) is 3.98. The summed E-state index contributed by atoms with van der Waals surface area (Å²) in [7, 11) is 0. The summed E-state index contributed by atoms with van der Waals surface area (Å²) in [5.41, 5.74) is 0.310. The van der Waals surface area contributed by atoms with E-state index in [4.69, 9.17) is 4.74 Å². The second-order valence-electron chi connectivity index (χ2n) is 7.37. The topological polar surface area (TPSA) is 49.8 Å². The minimum Gasteiger partial charge on any atom is -0.481 e. The third-order valence-electron chi connectivity index (χ3n) is 5.88. The van der Waals surface area contributed by atoms with Gasteiger partial charge in [-0.2, -0.15) is 0 Å². The van der Waals surface area contributed by atoms with E-state index in [0.717, 1.165) is 58.4 Å². The Morgan fingerprint density at radius 3 is 2.71 bits per heavy atom. The fraction of sp³-hybridized carbons (Fsp3) is 0.941. The van der Waals surface area contributed by atoms with Gasteiger partial charge in [-0.1, -0.05) is 27.2 Å². The molecular formula is C17H31NO3. The Labute approximate surface area is 128 Å². The Hall–Kier alpha value is -0.610. The van der Waals surface area contributed by atoms with Crippen LogP contribution in [0.2, 0.25) is 0 Å². The van der Waals surface area contributed by atoms with Crippen LogP contribution >= 0.6 is 0 Å². The first-order valence-electron chi connectivity index (χ1n) is 8.50. The second-order valence-corrected chi connectivity index (χ2v) is 7.37. The van der Waals surface area contributed by atoms with Crippen LogP contribution in [0.4, 0.5) is 0 Å². The SMILES string of the molecule is CCC(C)(C)C1CCC(C(=O)O)C(N2CCCOCC2)C1. The number of hydrogen-bond donors (Lipinski definition) is 1. The number of nitrogens with zero attached hydrogens (tertiary/aromatic N) is 1. The lowest BCUT2D eigenvalue weighted by Gasteiger charge is -2.45. The lowest BCUT2D eigenvalue weighted by atomic mass is 9.65. The van der Waals surface area contributed by atoms with Crippen molar-refractivity contribution in [1.82, 2.24) is 4.90 Å². The predicted octanol–water partition coefficient (Wildman–Crippen LogP) is 3.01. The van der Waals surface area contributed by atoms with Crippen molar-refractivity contribution in [2.45, 2.75) is 58.9 Å². The molecule has 0 aromatic rings. The van der Waals surface area contributed by atoms with Gasteiger partial charge in [0.1, 0.15) is 0 Å². The van der Waals surface area contributed by atoms with Crippen LogP contribution < -0.4 is 0 Å². The maximum absolute atomic E-state index is 11.7. The molecule has 3 atom stereocenters. The molecule has 21 heavy (non-hydrogen) atoms. The van der Waals surface area contributed by atoms with Crippen molar-refractivity contribution < 1.29 is 14.6 Å². The highest BCUT2D eigenvalue weighted by atomic mass is 16.5. The van der Waals surface area contributed by atoms with Crippen molar-refractivity contribution in [3.8, 4) is 0 Å². The van der Waals surface area contributed by atoms with Crippen molar-refractivity contribution in [1.29, 1.82) is 0 Å². The molecule has 1 aliphatic carbocycles. The molecule has 1 saturated heterocycles. The molecular weight excluding hydrogens is 266 g/mol. The number of ether oxygens (including phenoxy) is 1. The average Bonchev–Trinajstić information content (AvgIpc) is 2.75. The molecule has 0 spiro atoms. The molecule has 0 amide bonds. The van der Waals surface area contributed by atoms with E-state index < -0.39 is 5.97 Å². The van der Waals surface area contributed by atoms with E-state index in [-0.39, 0.29) is 12.0 Å². The van der Waals surface area contributed by atoms with E-state index in [1.807, 2.05) is 0 Å². The number of rotatable bonds is 4. The molecule has 4 nitrogen and oxygen atoms in total. The molecule has 2 aliphatic rings. The van der Waals surface area contributed by atoms with E-state index in [2.05, 4.69) is 25.7 Å². The van der Waals surface area contributed by atoms with Crippen LogP contribution in [0, 0.1) is 17.3 Å². The molecule has 3 unspecified atom stereocenters. The van der Waals surface area contributed by atoms with Crippen molar-refractivity contribution in [2.24, 2.45) is 17.3 Å². The molecule has 1 N–H and O–H groups in total. The van der Waals surface area contributed by atoms with Gasteiger partial charge in [0.15, 0.2) is 0 Å². The van der Waals surface area contributed by atoms with E-state index in [0.29, 0.717) is 11.3 Å². The third-order valence-corrected chi connectivity index (χ3v) is 5.88. The highest BCUT2D eigenvalue weighted by Gasteiger charge is 2.42. The largest absolute Gasteiger partial charge is 0.481 e. The van der Waals surface area contributed by atoms with Crippen molar-refractivity contribution >= 4 is 5.97 Å². The van der Waals surface area contributed by atoms with E-state index in [1.165, 1.54) is 0 Å². The van der Waals surface area contributed by atoms with Gasteiger partial charge < -0.3 is 9.84 Å². The number of carbonyl (C=O) groups is 1. The van der Waals surface area contributed by atoms with Crippen LogP contribution in [-0.2, 0) is 9.53 Å². The Bertz CT molecular complexity index is 348. The van der Waals surface area contributed by atoms with Gasteiger partial charge in [0.2, 0.25) is 0 Å². The fourth-order valence-electron chi connectivity index (χ4n) is 3.93. The maximum Gasteiger partial charge on any atom is 0.308 e. The molecule has 2 fully saturated rings. The maximum atomic E-state index is 11.7. The Morgan fingerprint density at radius 1 is 1.29 bits per heavy atom. The minimum absolute atomic E-state index is 0.189. The fourth-order valence-corrected chi connectivity index (χ4v) is 3.93. The summed E-state index contributed by atoms with van der Waals surface area (Å²) in [4.78, 5) is 14.1. The van der Waals surface area contributed by atoms with Gasteiger partial charge in [0.05, 0.1) is 12.5 Å². The highest BCUT2D eigenvalue weighted by molar-refractivity contribution is 5.71. The second kappa shape index (κ2) is 7.10. The van der Waals surface area contributed by atoms with Crippen molar-refractivity contribution in [3.63, 3.8) is 0 Å². The molecule has 0 radical (unpaired) electrons. The van der Waals surface area contributed by atoms with E-state index in [9.17, 15) is 9.90 Å². The van der Waals surface area contributed by atoms with Gasteiger partial charge in [0.25, 0.3) is 0 Å². The molecule has 2 rings (SSSR count). The zero-order valence-electron chi connectivity index (χ0n) is 13.8. The van der Waals surface area contributed by atoms with Gasteiger partial charge in [-0.15, -0.1) is 0 Å². The summed E-state index contributed by atoms with van der Waals surface area (Å²) >= 11 is 0. The Morgan fingerprint density at radius 2 is 2.05 bits per heavy atom. The number of carboxylic acids is 1. The molecule has 1 heterocycles. The smallest absolute Gasteiger partial charge is 0.308 e. The zero-order chi connectivity index (χ0) is 15.5. The zero-order valence-corrected chi connectivity index (χ0v) is 13.8. The molecule has 1 saturated carbocycles. The lowest BCUT2D eigenvalue weighted by Crippen LogP contribution is -2.49. The number of hydrogen-bond acceptors (Lipinski definition) is 3. The number of aliphatic carboxylic acids is 1. The summed E-state index contributed by atoms with van der Waals surface area (Å²) in [5, 5.41) is 9.60. The monoisotopic (exact) mass is 297 g/mol. The van der Waals surface area contributed by atoms with Gasteiger partial charge in [-0.05, 0) is 37.0 Å². The summed E-state index contributed by atoms with van der Waals surface area (Å²) in [6.07, 6.45) is 5.08. The van der Waals surface area contributed by atoms with Crippen LogP contribution in [0.15, 0.2) is 0 Å². The Kier molecular flexibility index (Phi) is 5.67. The first kappa shape index (κ1) is 16.8. The van der Waals surface area contributed by atoms with Crippen LogP contribution in [0.1, 0.15) is 52.9 Å². The molecule has 1 aliphatic heterocycles. The summed E-state index contributed by atoms with van der Waals surface area (Å²) in [6.45, 7) is 10.3. The number of carboxylic acid groups (broad SMARTS) is 1. The van der Waals surface area contributed by atoms with E-state index >= 15 is 0 Å². The van der Waals surface area contributed by atoms with Gasteiger partial charge in [-0.25, -0.2) is 0 Å². The van der Waals surface area contributed by atoms with Crippen LogP contribution in [0.3, 0.4) is 0 Å². The lowest BCUT2D eigenvalue weighted by molar-refractivity contribution is -0.147. The van der Waals surface area contributed by atoms with Gasteiger partial charge in [-0.3, -0.25) is 9.69 Å². The highest BCUT2D eigenvalue weighted by Crippen LogP contribution is 2.43. The van der Waals surface area contributed by atoms with Crippen LogP contribution in [0.25, 0.3) is 0 Å². The van der Waals surface area contributed by atoms with Gasteiger partial charge >= 0.3 is 5.97 Å². The summed E-state index contributed by atoms with van der Waals surface area (Å²) < 4.78 is 5.54. The normalized spacial score (nSPS) is 32.6. The molecule has 0 aromatic heterocycles. The molecule has 122 valence electrons. The van der Waals surface area contributed by atoms with Crippen LogP contribution in [0.5, 0.6) is 0 Å². The minimum atomic E-state index is -0.613. The van der Waals surface area contributed by atoms with Crippen molar-refractivity contribution in [2.75, 3.05) is 26.3 Å². The summed E-state index contributed by atoms with van der Waals surface area (Å²) in [6, 6.07) is 0.189.